The van der Waals surface area contributed by atoms with E-state index in [4.69, 9.17) is 30.0 Å². The highest BCUT2D eigenvalue weighted by Crippen LogP contribution is 2.63. The molecule has 6 heterocycles. The number of aliphatic hydroxyl groups is 3. The van der Waals surface area contributed by atoms with Crippen LogP contribution in [-0.2, 0) is 61.5 Å². The lowest BCUT2D eigenvalue weighted by atomic mass is 10.1. The Kier molecular flexibility index (Phi) is 12.6. The summed E-state index contributed by atoms with van der Waals surface area (Å²) in [5.41, 5.74) is 9.46. The minimum atomic E-state index is -6.51. The quantitative estimate of drug-likeness (QED) is 0.0450. The lowest BCUT2D eigenvalue weighted by Crippen LogP contribution is -2.46. The summed E-state index contributed by atoms with van der Waals surface area (Å²) in [5, 5.41) is 44.5. The highest BCUT2D eigenvalue weighted by atomic mass is 31.3. The number of nitrogen functional groups attached to an aromatic ring is 2. The number of aryl methyl sites for hydroxylation is 1. The van der Waals surface area contributed by atoms with Crippen LogP contribution in [0.25, 0.3) is 22.3 Å². The SMILES string of the molecule is CC(C)OP(=O)([O-])OC1[C@@H](COP(=O)([O-])OP(=O)([O-])OP(=O)([O-])OC[C@H]2O[C@@H]([n+]3cn(C)c4c([O-])nc(N)nc43)C(O)C2O)O[C@@H](n2cnc3c(=O)[nH]c(N)nc32)[C@H]1O. The van der Waals surface area contributed by atoms with Crippen LogP contribution >= 0.6 is 31.3 Å². The monoisotopic (exact) mass is 920 g/mol. The van der Waals surface area contributed by atoms with Gasteiger partial charge in [-0.2, -0.15) is 4.98 Å². The number of ether oxygens (including phenoxy) is 2. The summed E-state index contributed by atoms with van der Waals surface area (Å²) >= 11 is 0. The molecule has 35 heteroatoms. The van der Waals surface area contributed by atoms with Crippen LogP contribution in [-0.4, -0.2) is 105 Å². The number of nitrogens with zero attached hydrogens (tertiary/aromatic N) is 7. The fourth-order valence-electron chi connectivity index (χ4n) is 5.92. The van der Waals surface area contributed by atoms with Gasteiger partial charge in [0.25, 0.3) is 42.8 Å². The van der Waals surface area contributed by atoms with Crippen molar-refractivity contribution in [3.63, 3.8) is 0 Å². The fraction of sp³-hybridized carbons (Fsp3) is 0.583. The zero-order valence-corrected chi connectivity index (χ0v) is 33.6. The Hall–Kier alpha value is -3.38. The largest absolute Gasteiger partial charge is 0.856 e. The third-order valence-corrected chi connectivity index (χ3v) is 13.5. The van der Waals surface area contributed by atoms with Gasteiger partial charge in [-0.1, -0.05) is 4.98 Å². The zero-order valence-electron chi connectivity index (χ0n) is 30.0. The third kappa shape index (κ3) is 9.90. The number of phosphoric ester groups is 3. The Morgan fingerprint density at radius 2 is 1.54 bits per heavy atom. The first-order valence-electron chi connectivity index (χ1n) is 16.4. The molecule has 6 rings (SSSR count). The molecule has 4 aromatic heterocycles. The molecule has 0 amide bonds. The number of imidazole rings is 2. The van der Waals surface area contributed by atoms with Crippen LogP contribution < -0.4 is 46.3 Å². The molecule has 31 nitrogen and oxygen atoms in total. The van der Waals surface area contributed by atoms with Gasteiger partial charge in [0.15, 0.2) is 29.2 Å². The molecule has 0 aromatic carbocycles. The molecular formula is C24H32N10O21P4-4. The molecule has 8 N–H and O–H groups in total. The second-order valence-corrected chi connectivity index (χ2v) is 18.7. The van der Waals surface area contributed by atoms with Crippen LogP contribution in [0.2, 0.25) is 0 Å². The number of hydrogen-bond donors (Lipinski definition) is 6. The predicted molar refractivity (Wildman–Crippen MR) is 177 cm³/mol. The topological polar surface area (TPSA) is 468 Å². The van der Waals surface area contributed by atoms with Crippen LogP contribution in [0.15, 0.2) is 17.4 Å². The van der Waals surface area contributed by atoms with Crippen molar-refractivity contribution in [2.24, 2.45) is 7.05 Å². The molecule has 12 atom stereocenters. The number of H-pyrrole nitrogens is 1. The zero-order chi connectivity index (χ0) is 43.6. The van der Waals surface area contributed by atoms with E-state index in [0.717, 1.165) is 15.5 Å². The summed E-state index contributed by atoms with van der Waals surface area (Å²) in [6.45, 7) is -0.0188. The van der Waals surface area contributed by atoms with Crippen molar-refractivity contribution in [3.05, 3.63) is 23.0 Å². The number of hydrogen-bond acceptors (Lipinski definition) is 27. The van der Waals surface area contributed by atoms with Gasteiger partial charge in [-0.3, -0.25) is 37.2 Å². The average Bonchev–Trinajstić information content (AvgIpc) is 3.80. The van der Waals surface area contributed by atoms with Crippen LogP contribution in [0.1, 0.15) is 26.3 Å². The van der Waals surface area contributed by atoms with Crippen molar-refractivity contribution < 1.29 is 99.0 Å². The molecule has 0 saturated carbocycles. The number of phosphoric acid groups is 4. The van der Waals surface area contributed by atoms with Gasteiger partial charge in [0.05, 0.1) is 32.7 Å². The summed E-state index contributed by atoms with van der Waals surface area (Å²) in [6, 6.07) is 0. The summed E-state index contributed by atoms with van der Waals surface area (Å²) in [4.78, 5) is 79.6. The number of fused-ring (bicyclic) bond motifs is 2. The van der Waals surface area contributed by atoms with E-state index < -0.39 is 123 Å². The minimum absolute atomic E-state index is 0.0895. The molecule has 2 saturated heterocycles. The maximum absolute atomic E-state index is 12.6. The lowest BCUT2D eigenvalue weighted by molar-refractivity contribution is -0.745. The number of nitrogens with two attached hydrogens (primary N) is 2. The predicted octanol–water partition coefficient (Wildman–Crippen LogP) is -5.75. The number of aliphatic hydroxyl groups excluding tert-OH is 3. The molecule has 328 valence electrons. The molecule has 7 unspecified atom stereocenters. The second kappa shape index (κ2) is 16.5. The number of nitrogens with one attached hydrogen (secondary N) is 1. The molecule has 2 aliphatic rings. The minimum Gasteiger partial charge on any atom is -0.856 e. The van der Waals surface area contributed by atoms with E-state index >= 15 is 0 Å². The molecule has 59 heavy (non-hydrogen) atoms. The van der Waals surface area contributed by atoms with Gasteiger partial charge >= 0.3 is 5.65 Å². The maximum Gasteiger partial charge on any atom is 0.309 e. The van der Waals surface area contributed by atoms with Crippen molar-refractivity contribution in [1.82, 2.24) is 34.1 Å². The molecule has 4 aromatic rings. The smallest absolute Gasteiger partial charge is 0.309 e. The van der Waals surface area contributed by atoms with Gasteiger partial charge in [-0.25, -0.2) is 23.2 Å². The van der Waals surface area contributed by atoms with Crippen LogP contribution in [0.4, 0.5) is 11.9 Å². The van der Waals surface area contributed by atoms with E-state index in [-0.39, 0.29) is 22.3 Å². The van der Waals surface area contributed by atoms with Gasteiger partial charge in [0.1, 0.15) is 36.6 Å². The average molecular weight is 920 g/mol. The molecule has 0 radical (unpaired) electrons. The summed E-state index contributed by atoms with van der Waals surface area (Å²) in [7, 11) is -22.8. The summed E-state index contributed by atoms with van der Waals surface area (Å²) in [6.07, 6.45) is -13.7. The van der Waals surface area contributed by atoms with E-state index in [1.807, 2.05) is 0 Å². The Bertz CT molecular complexity index is 2480. The molecule has 2 fully saturated rings. The first-order chi connectivity index (χ1) is 27.3. The van der Waals surface area contributed by atoms with Crippen molar-refractivity contribution in [2.45, 2.75) is 69.0 Å². The molecule has 0 spiro atoms. The maximum atomic E-state index is 12.6. The Morgan fingerprint density at radius 1 is 0.915 bits per heavy atom. The van der Waals surface area contributed by atoms with E-state index in [1.54, 1.807) is 0 Å². The van der Waals surface area contributed by atoms with Crippen molar-refractivity contribution in [1.29, 1.82) is 0 Å². The molecule has 0 aliphatic carbocycles. The number of aromatic nitrogens is 8. The van der Waals surface area contributed by atoms with Crippen LogP contribution in [0.3, 0.4) is 0 Å². The van der Waals surface area contributed by atoms with Gasteiger partial charge < -0.3 is 79.0 Å². The second-order valence-electron chi connectivity index (χ2n) is 12.8. The number of anilines is 2. The van der Waals surface area contributed by atoms with E-state index in [2.05, 4.69) is 42.6 Å². The summed E-state index contributed by atoms with van der Waals surface area (Å²) < 4.78 is 90.6. The van der Waals surface area contributed by atoms with E-state index in [1.165, 1.54) is 31.8 Å². The normalized spacial score (nSPS) is 29.1. The first kappa shape index (κ1) is 45.2. The Labute approximate surface area is 328 Å². The van der Waals surface area contributed by atoms with Crippen molar-refractivity contribution in [3.8, 4) is 5.88 Å². The van der Waals surface area contributed by atoms with Gasteiger partial charge in [-0.15, -0.1) is 0 Å². The highest BCUT2D eigenvalue weighted by molar-refractivity contribution is 7.65. The Morgan fingerprint density at radius 3 is 2.17 bits per heavy atom. The highest BCUT2D eigenvalue weighted by Gasteiger charge is 2.49. The van der Waals surface area contributed by atoms with Gasteiger partial charge in [0.2, 0.25) is 12.2 Å². The Balaban J connectivity index is 1.11. The van der Waals surface area contributed by atoms with E-state index in [0.29, 0.717) is 0 Å². The first-order valence-corrected chi connectivity index (χ1v) is 22.2. The molecule has 2 aliphatic heterocycles. The van der Waals surface area contributed by atoms with Crippen molar-refractivity contribution >= 4 is 65.5 Å². The van der Waals surface area contributed by atoms with Crippen LogP contribution in [0, 0.1) is 0 Å². The molecular weight excluding hydrogens is 888 g/mol. The standard InChI is InChI=1S/C24H36N10O21P4/c1-8(2)52-58(44,45)53-16-10(51-22(15(16)37)33-6-27-11-17(33)28-23(25)30-19(11)38)5-49-57(42,43)55-59(46,47)54-56(40,41)48-4-9-13(35)14(36)21(50-9)34-7-32(3)12-18(34)29-24(26)31-20(12)39/h6-10,13-16,21-22,35-37H,4-5H2,1-3H3,(H9-,25,26,28,29,30,31,38,39,40,41,42,43,44,45,46,47)/p-4/t9-,10-,13?,14?,15+,16?,21-,22-/m1/s1. The molecule has 0 bridgehead atoms. The number of aromatic amines is 1. The van der Waals surface area contributed by atoms with E-state index in [9.17, 15) is 63.1 Å². The van der Waals surface area contributed by atoms with Crippen LogP contribution in [0.5, 0.6) is 5.88 Å². The fourth-order valence-corrected chi connectivity index (χ4v) is 10.4. The van der Waals surface area contributed by atoms with Gasteiger partial charge in [0, 0.05) is 5.88 Å². The number of rotatable bonds is 16. The van der Waals surface area contributed by atoms with Crippen molar-refractivity contribution in [2.75, 3.05) is 24.7 Å². The lowest BCUT2D eigenvalue weighted by Gasteiger charge is -2.35. The third-order valence-electron chi connectivity index (χ3n) is 8.18. The summed E-state index contributed by atoms with van der Waals surface area (Å²) in [5.74, 6) is -1.65. The van der Waals surface area contributed by atoms with Gasteiger partial charge in [-0.05, 0) is 13.8 Å².